The van der Waals surface area contributed by atoms with Crippen molar-refractivity contribution >= 4 is 23.0 Å². The first kappa shape index (κ1) is 15.9. The van der Waals surface area contributed by atoms with Gasteiger partial charge < -0.3 is 15.0 Å². The maximum atomic E-state index is 13.6. The van der Waals surface area contributed by atoms with Crippen molar-refractivity contribution in [2.45, 2.75) is 13.5 Å². The van der Waals surface area contributed by atoms with Crippen LogP contribution in [-0.2, 0) is 11.3 Å². The molecule has 24 heavy (non-hydrogen) atoms. The van der Waals surface area contributed by atoms with Crippen LogP contribution in [0.15, 0.2) is 36.4 Å². The van der Waals surface area contributed by atoms with Gasteiger partial charge >= 0.3 is 5.97 Å². The van der Waals surface area contributed by atoms with Crippen molar-refractivity contribution in [2.24, 2.45) is 0 Å². The number of benzene rings is 2. The first-order chi connectivity index (χ1) is 11.6. The highest BCUT2D eigenvalue weighted by molar-refractivity contribution is 5.94. The zero-order valence-corrected chi connectivity index (χ0v) is 12.9. The minimum Gasteiger partial charge on any atom is -0.462 e. The third-order valence-corrected chi connectivity index (χ3v) is 3.45. The summed E-state index contributed by atoms with van der Waals surface area (Å²) in [6, 6.07) is 8.38. The normalized spacial score (nSPS) is 10.8. The lowest BCUT2D eigenvalue weighted by Crippen LogP contribution is -2.04. The van der Waals surface area contributed by atoms with Gasteiger partial charge in [-0.3, -0.25) is 0 Å². The van der Waals surface area contributed by atoms with Crippen LogP contribution in [0, 0.1) is 11.6 Å². The van der Waals surface area contributed by atoms with Gasteiger partial charge in [-0.2, -0.15) is 0 Å². The minimum atomic E-state index is -0.622. The highest BCUT2D eigenvalue weighted by Gasteiger charge is 2.10. The van der Waals surface area contributed by atoms with Crippen LogP contribution in [0.5, 0.6) is 0 Å². The molecule has 0 aliphatic rings. The van der Waals surface area contributed by atoms with Gasteiger partial charge in [0.05, 0.1) is 23.2 Å². The zero-order chi connectivity index (χ0) is 17.1. The molecule has 7 heteroatoms. The van der Waals surface area contributed by atoms with Crippen LogP contribution >= 0.6 is 0 Å². The second kappa shape index (κ2) is 6.66. The fraction of sp³-hybridized carbons (Fsp3) is 0.176. The number of nitrogens with one attached hydrogen (secondary N) is 2. The van der Waals surface area contributed by atoms with E-state index in [1.54, 1.807) is 25.1 Å². The molecule has 0 bridgehead atoms. The number of rotatable bonds is 5. The van der Waals surface area contributed by atoms with Crippen molar-refractivity contribution < 1.29 is 18.3 Å². The summed E-state index contributed by atoms with van der Waals surface area (Å²) < 4.78 is 31.5. The fourth-order valence-electron chi connectivity index (χ4n) is 2.28. The summed E-state index contributed by atoms with van der Waals surface area (Å²) in [5.74, 6) is -1.22. The summed E-state index contributed by atoms with van der Waals surface area (Å²) in [5.41, 5.74) is 2.06. The van der Waals surface area contributed by atoms with Crippen LogP contribution in [0.25, 0.3) is 11.0 Å². The Kier molecular flexibility index (Phi) is 4.41. The van der Waals surface area contributed by atoms with E-state index < -0.39 is 17.6 Å². The Hall–Kier alpha value is -2.96. The molecule has 124 valence electrons. The third kappa shape index (κ3) is 3.34. The predicted octanol–water partition coefficient (Wildman–Crippen LogP) is 3.63. The lowest BCUT2D eigenvalue weighted by atomic mass is 10.2. The average Bonchev–Trinajstić information content (AvgIpc) is 2.96. The molecule has 0 fully saturated rings. The number of H-pyrrole nitrogens is 1. The molecule has 0 atom stereocenters. The molecular weight excluding hydrogens is 316 g/mol. The van der Waals surface area contributed by atoms with Crippen LogP contribution < -0.4 is 5.32 Å². The predicted molar refractivity (Wildman–Crippen MR) is 85.7 cm³/mol. The molecule has 0 saturated carbocycles. The van der Waals surface area contributed by atoms with E-state index in [4.69, 9.17) is 4.74 Å². The van der Waals surface area contributed by atoms with Gasteiger partial charge in [-0.1, -0.05) is 6.07 Å². The number of hydrogen-bond donors (Lipinski definition) is 2. The molecule has 0 aliphatic heterocycles. The molecule has 0 saturated heterocycles. The number of imidazole rings is 1. The van der Waals surface area contributed by atoms with Gasteiger partial charge in [-0.25, -0.2) is 18.6 Å². The molecule has 2 N–H and O–H groups in total. The number of halogens is 2. The summed E-state index contributed by atoms with van der Waals surface area (Å²) in [4.78, 5) is 19.0. The minimum absolute atomic E-state index is 0.149. The smallest absolute Gasteiger partial charge is 0.338 e. The molecule has 3 rings (SSSR count). The number of nitrogens with zero attached hydrogens (tertiary/aromatic N) is 1. The van der Waals surface area contributed by atoms with Crippen LogP contribution in [-0.4, -0.2) is 22.5 Å². The van der Waals surface area contributed by atoms with Crippen molar-refractivity contribution in [3.05, 3.63) is 59.2 Å². The van der Waals surface area contributed by atoms with Gasteiger partial charge in [-0.05, 0) is 31.2 Å². The fourth-order valence-corrected chi connectivity index (χ4v) is 2.28. The highest BCUT2D eigenvalue weighted by atomic mass is 19.1. The van der Waals surface area contributed by atoms with E-state index >= 15 is 0 Å². The Bertz CT molecular complexity index is 893. The van der Waals surface area contributed by atoms with Crippen molar-refractivity contribution in [3.63, 3.8) is 0 Å². The van der Waals surface area contributed by atoms with E-state index in [2.05, 4.69) is 15.3 Å². The van der Waals surface area contributed by atoms with E-state index in [1.165, 1.54) is 12.1 Å². The van der Waals surface area contributed by atoms with Gasteiger partial charge in [0, 0.05) is 18.2 Å². The van der Waals surface area contributed by atoms with Gasteiger partial charge in [0.15, 0.2) is 0 Å². The number of ether oxygens (including phenoxy) is 1. The highest BCUT2D eigenvalue weighted by Crippen LogP contribution is 2.18. The van der Waals surface area contributed by atoms with E-state index in [0.29, 0.717) is 34.7 Å². The number of esters is 1. The number of aromatic nitrogens is 2. The quantitative estimate of drug-likeness (QED) is 0.701. The molecule has 2 aromatic carbocycles. The maximum absolute atomic E-state index is 13.6. The largest absolute Gasteiger partial charge is 0.462 e. The summed E-state index contributed by atoms with van der Waals surface area (Å²) in [6.07, 6.45) is 0. The molecule has 3 aromatic rings. The molecule has 5 nitrogen and oxygen atoms in total. The van der Waals surface area contributed by atoms with E-state index in [9.17, 15) is 13.6 Å². The molecular formula is C17H15F2N3O2. The van der Waals surface area contributed by atoms with E-state index in [1.807, 2.05) is 0 Å². The van der Waals surface area contributed by atoms with Crippen LogP contribution in [0.3, 0.4) is 0 Å². The molecule has 0 spiro atoms. The number of fused-ring (bicyclic) bond motifs is 1. The molecule has 0 unspecified atom stereocenters. The average molecular weight is 331 g/mol. The molecule has 1 heterocycles. The Morgan fingerprint density at radius 2 is 2.08 bits per heavy atom. The Morgan fingerprint density at radius 3 is 2.83 bits per heavy atom. The van der Waals surface area contributed by atoms with Crippen LogP contribution in [0.2, 0.25) is 0 Å². The zero-order valence-electron chi connectivity index (χ0n) is 12.9. The van der Waals surface area contributed by atoms with E-state index in [-0.39, 0.29) is 6.54 Å². The van der Waals surface area contributed by atoms with Gasteiger partial charge in [0.25, 0.3) is 0 Å². The van der Waals surface area contributed by atoms with Crippen molar-refractivity contribution in [2.75, 3.05) is 11.9 Å². The van der Waals surface area contributed by atoms with Crippen molar-refractivity contribution in [1.82, 2.24) is 9.97 Å². The summed E-state index contributed by atoms with van der Waals surface area (Å²) >= 11 is 0. The third-order valence-electron chi connectivity index (χ3n) is 3.45. The van der Waals surface area contributed by atoms with Crippen LogP contribution in [0.4, 0.5) is 14.7 Å². The maximum Gasteiger partial charge on any atom is 0.338 e. The van der Waals surface area contributed by atoms with Crippen molar-refractivity contribution in [1.29, 1.82) is 0 Å². The lowest BCUT2D eigenvalue weighted by molar-refractivity contribution is 0.0526. The van der Waals surface area contributed by atoms with Crippen LogP contribution in [0.1, 0.15) is 22.8 Å². The number of hydrogen-bond acceptors (Lipinski definition) is 4. The Labute approximate surface area is 136 Å². The molecule has 0 amide bonds. The van der Waals surface area contributed by atoms with Gasteiger partial charge in [0.2, 0.25) is 5.95 Å². The monoisotopic (exact) mass is 331 g/mol. The number of anilines is 1. The number of aromatic amines is 1. The standard InChI is InChI=1S/C17H15F2N3O2/c1-2-24-16(23)10-4-6-14-15(7-10)22-17(21-14)20-9-11-3-5-12(18)8-13(11)19/h3-8H,2,9H2,1H3,(H2,20,21,22). The first-order valence-corrected chi connectivity index (χ1v) is 7.41. The topological polar surface area (TPSA) is 67.0 Å². The van der Waals surface area contributed by atoms with Gasteiger partial charge in [0.1, 0.15) is 11.6 Å². The van der Waals surface area contributed by atoms with Crippen molar-refractivity contribution in [3.8, 4) is 0 Å². The van der Waals surface area contributed by atoms with Gasteiger partial charge in [-0.15, -0.1) is 0 Å². The second-order valence-corrected chi connectivity index (χ2v) is 5.13. The molecule has 1 aromatic heterocycles. The summed E-state index contributed by atoms with van der Waals surface area (Å²) in [5, 5.41) is 2.94. The number of carbonyl (C=O) groups is 1. The lowest BCUT2D eigenvalue weighted by Gasteiger charge is -2.04. The summed E-state index contributed by atoms with van der Waals surface area (Å²) in [6.45, 7) is 2.19. The summed E-state index contributed by atoms with van der Waals surface area (Å²) in [7, 11) is 0. The first-order valence-electron chi connectivity index (χ1n) is 7.41. The Morgan fingerprint density at radius 1 is 1.25 bits per heavy atom. The Balaban J connectivity index is 1.77. The van der Waals surface area contributed by atoms with E-state index in [0.717, 1.165) is 6.07 Å². The molecule has 0 aliphatic carbocycles. The second-order valence-electron chi connectivity index (χ2n) is 5.13. The SMILES string of the molecule is CCOC(=O)c1ccc2nc(NCc3ccc(F)cc3F)[nH]c2c1. The number of carbonyl (C=O) groups excluding carboxylic acids is 1. The molecule has 0 radical (unpaired) electrons.